The first-order valence-corrected chi connectivity index (χ1v) is 12.1. The molecule has 1 aliphatic carbocycles. The number of aryl methyl sites for hydroxylation is 2. The molecule has 5 rings (SSSR count). The monoisotopic (exact) mass is 500 g/mol. The van der Waals surface area contributed by atoms with E-state index in [-0.39, 0.29) is 30.4 Å². The Balaban J connectivity index is 1.39. The molecule has 0 radical (unpaired) electrons. The number of alkyl halides is 3. The maximum atomic E-state index is 13.8. The number of fused-ring (bicyclic) bond motifs is 1. The van der Waals surface area contributed by atoms with Crippen molar-refractivity contribution in [2.75, 3.05) is 13.2 Å². The van der Waals surface area contributed by atoms with Crippen LogP contribution in [0.4, 0.5) is 13.2 Å². The van der Waals surface area contributed by atoms with Crippen LogP contribution in [0, 0.1) is 25.7 Å². The van der Waals surface area contributed by atoms with Crippen LogP contribution in [0.2, 0.25) is 0 Å². The molecular formula is C25H23F3N4O2S. The van der Waals surface area contributed by atoms with Crippen molar-refractivity contribution in [1.82, 2.24) is 19.9 Å². The molecule has 10 heteroatoms. The zero-order valence-corrected chi connectivity index (χ0v) is 20.0. The second kappa shape index (κ2) is 8.75. The number of piperidine rings is 1. The van der Waals surface area contributed by atoms with Gasteiger partial charge < -0.3 is 9.64 Å². The van der Waals surface area contributed by atoms with E-state index in [0.717, 1.165) is 34.2 Å². The molecule has 3 aromatic heterocycles. The van der Waals surface area contributed by atoms with E-state index < -0.39 is 11.7 Å². The van der Waals surface area contributed by atoms with Gasteiger partial charge in [0, 0.05) is 47.1 Å². The number of ether oxygens (including phenoxy) is 1. The molecule has 4 heterocycles. The molecule has 3 aromatic rings. The van der Waals surface area contributed by atoms with Crippen LogP contribution < -0.4 is 4.74 Å². The molecule has 2 fully saturated rings. The number of hydrogen-bond donors (Lipinski definition) is 0. The minimum Gasteiger partial charge on any atom is -0.475 e. The summed E-state index contributed by atoms with van der Waals surface area (Å²) < 4.78 is 44.2. The Morgan fingerprint density at radius 2 is 1.97 bits per heavy atom. The van der Waals surface area contributed by atoms with Gasteiger partial charge in [0.15, 0.2) is 0 Å². The minimum atomic E-state index is -4.46. The van der Waals surface area contributed by atoms with Gasteiger partial charge in [0.1, 0.15) is 17.3 Å². The topological polar surface area (TPSA) is 68.2 Å². The Morgan fingerprint density at radius 1 is 1.17 bits per heavy atom. The fraction of sp³-hybridized carbons (Fsp3) is 0.360. The fourth-order valence-corrected chi connectivity index (χ4v) is 5.34. The number of hydrogen-bond acceptors (Lipinski definition) is 6. The minimum absolute atomic E-state index is 0.0785. The summed E-state index contributed by atoms with van der Waals surface area (Å²) in [6, 6.07) is 5.56. The first kappa shape index (κ1) is 23.5. The van der Waals surface area contributed by atoms with Crippen molar-refractivity contribution in [3.05, 3.63) is 70.6 Å². The van der Waals surface area contributed by atoms with E-state index in [9.17, 15) is 18.0 Å². The number of carbonyl (C=O) groups excluding carboxylic acids is 1. The van der Waals surface area contributed by atoms with Crippen molar-refractivity contribution in [2.24, 2.45) is 11.8 Å². The molecule has 2 aliphatic rings. The van der Waals surface area contributed by atoms with E-state index in [1.807, 2.05) is 31.4 Å². The quantitative estimate of drug-likeness (QED) is 0.443. The van der Waals surface area contributed by atoms with Gasteiger partial charge in [-0.3, -0.25) is 4.79 Å². The lowest BCUT2D eigenvalue weighted by Crippen LogP contribution is -2.48. The molecule has 1 aliphatic heterocycles. The molecule has 6 nitrogen and oxygen atoms in total. The van der Waals surface area contributed by atoms with Gasteiger partial charge in [-0.25, -0.2) is 15.0 Å². The lowest BCUT2D eigenvalue weighted by atomic mass is 10.0. The van der Waals surface area contributed by atoms with Crippen molar-refractivity contribution < 1.29 is 22.7 Å². The third-order valence-electron chi connectivity index (χ3n) is 6.52. The van der Waals surface area contributed by atoms with Crippen LogP contribution in [0.5, 0.6) is 5.88 Å². The molecule has 182 valence electrons. The molecule has 0 spiro atoms. The van der Waals surface area contributed by atoms with Gasteiger partial charge >= 0.3 is 6.18 Å². The smallest absolute Gasteiger partial charge is 0.417 e. The number of rotatable bonds is 5. The Hall–Kier alpha value is -3.27. The second-order valence-electron chi connectivity index (χ2n) is 8.97. The maximum Gasteiger partial charge on any atom is 0.417 e. The first-order valence-electron chi connectivity index (χ1n) is 11.2. The van der Waals surface area contributed by atoms with Crippen LogP contribution in [0.25, 0.3) is 10.6 Å². The standard InChI is InChI=1S/C25H23F3N4O2S/c1-13-4-6-18(23-31-14(2)12-35-23)22(30-13)24(33)32-10-20-15(3)19(20)8-17(32)11-34-21-7-5-16(9-29-21)25(26,27)28/h4-7,9,12,17,19-20H,3,8,10-11H2,1-2H3/t17?,19-,20+/m0/s1. The van der Waals surface area contributed by atoms with Crippen molar-refractivity contribution in [3.63, 3.8) is 0 Å². The predicted octanol–water partition coefficient (Wildman–Crippen LogP) is 5.33. The lowest BCUT2D eigenvalue weighted by Gasteiger charge is -2.35. The number of aromatic nitrogens is 3. The zero-order valence-electron chi connectivity index (χ0n) is 19.2. The Kier molecular flexibility index (Phi) is 5.86. The molecule has 1 unspecified atom stereocenters. The van der Waals surface area contributed by atoms with Gasteiger partial charge in [-0.05, 0) is 44.4 Å². The van der Waals surface area contributed by atoms with Gasteiger partial charge in [-0.15, -0.1) is 11.3 Å². The van der Waals surface area contributed by atoms with E-state index in [1.165, 1.54) is 17.4 Å². The van der Waals surface area contributed by atoms with E-state index in [4.69, 9.17) is 4.74 Å². The highest BCUT2D eigenvalue weighted by Crippen LogP contribution is 2.52. The van der Waals surface area contributed by atoms with Gasteiger partial charge in [0.05, 0.1) is 11.6 Å². The van der Waals surface area contributed by atoms with Crippen LogP contribution in [0.15, 0.2) is 48.0 Å². The van der Waals surface area contributed by atoms with Crippen molar-refractivity contribution >= 4 is 17.2 Å². The Labute approximate surface area is 204 Å². The number of carbonyl (C=O) groups is 1. The van der Waals surface area contributed by atoms with E-state index in [0.29, 0.717) is 30.1 Å². The largest absolute Gasteiger partial charge is 0.475 e. The highest BCUT2D eigenvalue weighted by molar-refractivity contribution is 7.13. The molecule has 0 bridgehead atoms. The number of halogens is 3. The number of nitrogens with zero attached hydrogens (tertiary/aromatic N) is 4. The average molecular weight is 501 g/mol. The van der Waals surface area contributed by atoms with Gasteiger partial charge in [-0.2, -0.15) is 13.2 Å². The fourth-order valence-electron chi connectivity index (χ4n) is 4.51. The summed E-state index contributed by atoms with van der Waals surface area (Å²) in [4.78, 5) is 28.5. The molecule has 3 atom stereocenters. The third-order valence-corrected chi connectivity index (χ3v) is 7.52. The molecule has 0 aromatic carbocycles. The number of amides is 1. The second-order valence-corrected chi connectivity index (χ2v) is 9.83. The van der Waals surface area contributed by atoms with Crippen LogP contribution in [-0.2, 0) is 6.18 Å². The molecule has 0 N–H and O–H groups in total. The summed E-state index contributed by atoms with van der Waals surface area (Å²) in [5.41, 5.74) is 2.88. The summed E-state index contributed by atoms with van der Waals surface area (Å²) >= 11 is 1.46. The maximum absolute atomic E-state index is 13.8. The average Bonchev–Trinajstić information content (AvgIpc) is 3.23. The molecule has 35 heavy (non-hydrogen) atoms. The van der Waals surface area contributed by atoms with Gasteiger partial charge in [0.25, 0.3) is 5.91 Å². The summed E-state index contributed by atoms with van der Waals surface area (Å²) in [5.74, 6) is 0.424. The van der Waals surface area contributed by atoms with E-state index in [1.54, 1.807) is 4.90 Å². The molecule has 1 saturated carbocycles. The van der Waals surface area contributed by atoms with Gasteiger partial charge in [-0.1, -0.05) is 12.2 Å². The number of pyridine rings is 2. The summed E-state index contributed by atoms with van der Waals surface area (Å²) in [5, 5.41) is 2.66. The van der Waals surface area contributed by atoms with Gasteiger partial charge in [0.2, 0.25) is 5.88 Å². The molecule has 1 saturated heterocycles. The highest BCUT2D eigenvalue weighted by Gasteiger charge is 2.51. The first-order chi connectivity index (χ1) is 16.6. The van der Waals surface area contributed by atoms with Crippen LogP contribution in [0.3, 0.4) is 0 Å². The van der Waals surface area contributed by atoms with Crippen molar-refractivity contribution in [2.45, 2.75) is 32.5 Å². The summed E-state index contributed by atoms with van der Waals surface area (Å²) in [6.45, 7) is 8.47. The van der Waals surface area contributed by atoms with E-state index >= 15 is 0 Å². The Bertz CT molecular complexity index is 1290. The highest BCUT2D eigenvalue weighted by atomic mass is 32.1. The number of thiazole rings is 1. The summed E-state index contributed by atoms with van der Waals surface area (Å²) in [6.07, 6.45) is -3.04. The third kappa shape index (κ3) is 4.67. The Morgan fingerprint density at radius 3 is 2.63 bits per heavy atom. The van der Waals surface area contributed by atoms with Crippen LogP contribution >= 0.6 is 11.3 Å². The molecule has 1 amide bonds. The van der Waals surface area contributed by atoms with Crippen LogP contribution in [-0.4, -0.2) is 45.0 Å². The lowest BCUT2D eigenvalue weighted by molar-refractivity contribution is -0.137. The van der Waals surface area contributed by atoms with Crippen molar-refractivity contribution in [1.29, 1.82) is 0 Å². The zero-order chi connectivity index (χ0) is 24.9. The number of likely N-dealkylation sites (tertiary alicyclic amines) is 1. The SMILES string of the molecule is C=C1[C@H]2CN(C(=O)c3nc(C)ccc3-c3nc(C)cs3)C(COc3ccc(C(F)(F)F)cn3)C[C@@H]12. The van der Waals surface area contributed by atoms with E-state index in [2.05, 4.69) is 21.5 Å². The van der Waals surface area contributed by atoms with Crippen molar-refractivity contribution in [3.8, 4) is 16.5 Å². The predicted molar refractivity (Wildman–Crippen MR) is 125 cm³/mol. The summed E-state index contributed by atoms with van der Waals surface area (Å²) in [7, 11) is 0. The van der Waals surface area contributed by atoms with Crippen LogP contribution in [0.1, 0.15) is 33.9 Å². The molecular weight excluding hydrogens is 477 g/mol. The normalized spacial score (nSPS) is 21.6.